The molecule has 156 valence electrons. The van der Waals surface area contributed by atoms with E-state index in [1.807, 2.05) is 4.90 Å². The van der Waals surface area contributed by atoms with Gasteiger partial charge in [-0.05, 0) is 50.6 Å². The van der Waals surface area contributed by atoms with Crippen molar-refractivity contribution in [2.75, 3.05) is 39.3 Å². The van der Waals surface area contributed by atoms with E-state index in [0.717, 1.165) is 58.3 Å². The highest BCUT2D eigenvalue weighted by molar-refractivity contribution is 5.85. The molecule has 1 unspecified atom stereocenters. The highest BCUT2D eigenvalue weighted by Gasteiger charge is 2.34. The van der Waals surface area contributed by atoms with Gasteiger partial charge in [-0.15, -0.1) is 12.4 Å². The van der Waals surface area contributed by atoms with E-state index < -0.39 is 0 Å². The molecule has 1 atom stereocenters. The first-order chi connectivity index (χ1) is 12.5. The van der Waals surface area contributed by atoms with Crippen molar-refractivity contribution < 1.29 is 9.59 Å². The highest BCUT2D eigenvalue weighted by Crippen LogP contribution is 2.28. The monoisotopic (exact) mass is 400 g/mol. The summed E-state index contributed by atoms with van der Waals surface area (Å²) in [5, 5.41) is 3.18. The van der Waals surface area contributed by atoms with Gasteiger partial charge in [0.05, 0.1) is 6.54 Å². The maximum absolute atomic E-state index is 12.6. The van der Waals surface area contributed by atoms with E-state index in [1.165, 1.54) is 19.3 Å². The Morgan fingerprint density at radius 1 is 1.07 bits per heavy atom. The summed E-state index contributed by atoms with van der Waals surface area (Å²) in [6, 6.07) is 0.210. The van der Waals surface area contributed by atoms with Gasteiger partial charge < -0.3 is 16.0 Å². The van der Waals surface area contributed by atoms with Gasteiger partial charge in [0.15, 0.2) is 0 Å². The number of carbonyl (C=O) groups excluding carboxylic acids is 2. The number of halogens is 1. The Kier molecular flexibility index (Phi) is 8.38. The Balaban J connectivity index is 0.00000261. The average molecular weight is 401 g/mol. The number of hydrogen-bond acceptors (Lipinski definition) is 4. The predicted molar refractivity (Wildman–Crippen MR) is 110 cm³/mol. The van der Waals surface area contributed by atoms with Crippen molar-refractivity contribution in [1.82, 2.24) is 15.1 Å². The minimum absolute atomic E-state index is 0. The number of rotatable bonds is 5. The minimum Gasteiger partial charge on any atom is -0.352 e. The quantitative estimate of drug-likeness (QED) is 0.737. The van der Waals surface area contributed by atoms with E-state index in [4.69, 9.17) is 5.73 Å². The van der Waals surface area contributed by atoms with Crippen LogP contribution in [0.3, 0.4) is 0 Å². The summed E-state index contributed by atoms with van der Waals surface area (Å²) in [7, 11) is 0. The zero-order chi connectivity index (χ0) is 18.6. The zero-order valence-electron chi connectivity index (χ0n) is 16.8. The molecule has 7 heteroatoms. The lowest BCUT2D eigenvalue weighted by Crippen LogP contribution is -2.49. The molecule has 2 amide bonds. The molecule has 3 aliphatic rings. The average Bonchev–Trinajstić information content (AvgIpc) is 3.03. The molecule has 0 aromatic rings. The smallest absolute Gasteiger partial charge is 0.234 e. The number of nitrogens with zero attached hydrogens (tertiary/aromatic N) is 2. The van der Waals surface area contributed by atoms with Gasteiger partial charge in [-0.3, -0.25) is 14.5 Å². The molecular weight excluding hydrogens is 364 g/mol. The Morgan fingerprint density at radius 2 is 1.74 bits per heavy atom. The molecule has 0 bridgehead atoms. The molecule has 2 heterocycles. The van der Waals surface area contributed by atoms with Crippen molar-refractivity contribution in [2.24, 2.45) is 17.1 Å². The molecule has 0 radical (unpaired) electrons. The van der Waals surface area contributed by atoms with Crippen LogP contribution in [-0.2, 0) is 9.59 Å². The highest BCUT2D eigenvalue weighted by atomic mass is 35.5. The molecule has 6 nitrogen and oxygen atoms in total. The molecule has 3 fully saturated rings. The van der Waals surface area contributed by atoms with Crippen LogP contribution in [0.25, 0.3) is 0 Å². The lowest BCUT2D eigenvalue weighted by Gasteiger charge is -2.35. The van der Waals surface area contributed by atoms with Crippen molar-refractivity contribution in [3.63, 3.8) is 0 Å². The second kappa shape index (κ2) is 10.1. The maximum Gasteiger partial charge on any atom is 0.234 e. The van der Waals surface area contributed by atoms with Crippen LogP contribution >= 0.6 is 12.4 Å². The van der Waals surface area contributed by atoms with Crippen LogP contribution in [0, 0.1) is 11.3 Å². The molecule has 2 aliphatic heterocycles. The van der Waals surface area contributed by atoms with Crippen molar-refractivity contribution in [1.29, 1.82) is 0 Å². The number of likely N-dealkylation sites (tertiary alicyclic amines) is 2. The number of carbonyl (C=O) groups is 2. The van der Waals surface area contributed by atoms with E-state index in [-0.39, 0.29) is 35.7 Å². The van der Waals surface area contributed by atoms with Crippen molar-refractivity contribution in [2.45, 2.75) is 64.3 Å². The van der Waals surface area contributed by atoms with Crippen LogP contribution in [0.4, 0.5) is 0 Å². The zero-order valence-corrected chi connectivity index (χ0v) is 17.6. The molecule has 27 heavy (non-hydrogen) atoms. The Morgan fingerprint density at radius 3 is 2.33 bits per heavy atom. The second-order valence-electron chi connectivity index (χ2n) is 8.98. The Labute approximate surface area is 170 Å². The van der Waals surface area contributed by atoms with Crippen LogP contribution in [0.1, 0.15) is 58.3 Å². The first-order valence-electron chi connectivity index (χ1n) is 10.5. The van der Waals surface area contributed by atoms with Gasteiger partial charge in [-0.25, -0.2) is 0 Å². The summed E-state index contributed by atoms with van der Waals surface area (Å²) < 4.78 is 0. The summed E-state index contributed by atoms with van der Waals surface area (Å²) in [5.74, 6) is 0.720. The predicted octanol–water partition coefficient (Wildman–Crippen LogP) is 1.77. The van der Waals surface area contributed by atoms with Gasteiger partial charge >= 0.3 is 0 Å². The molecule has 1 saturated carbocycles. The van der Waals surface area contributed by atoms with Crippen molar-refractivity contribution in [3.05, 3.63) is 0 Å². The lowest BCUT2D eigenvalue weighted by atomic mass is 9.87. The fraction of sp³-hybridized carbons (Fsp3) is 0.900. The molecule has 0 aromatic heterocycles. The van der Waals surface area contributed by atoms with Crippen molar-refractivity contribution in [3.8, 4) is 0 Å². The van der Waals surface area contributed by atoms with Crippen LogP contribution in [-0.4, -0.2) is 66.9 Å². The van der Waals surface area contributed by atoms with Crippen LogP contribution in [0.5, 0.6) is 0 Å². The van der Waals surface area contributed by atoms with E-state index in [0.29, 0.717) is 19.0 Å². The van der Waals surface area contributed by atoms with E-state index >= 15 is 0 Å². The van der Waals surface area contributed by atoms with Crippen LogP contribution < -0.4 is 11.1 Å². The topological polar surface area (TPSA) is 78.7 Å². The summed E-state index contributed by atoms with van der Waals surface area (Å²) in [5.41, 5.74) is 6.00. The first-order valence-corrected chi connectivity index (χ1v) is 10.5. The van der Waals surface area contributed by atoms with Crippen molar-refractivity contribution >= 4 is 24.2 Å². The van der Waals surface area contributed by atoms with Gasteiger partial charge in [-0.2, -0.15) is 0 Å². The Bertz CT molecular complexity index is 504. The number of hydrogen-bond donors (Lipinski definition) is 2. The van der Waals surface area contributed by atoms with Gasteiger partial charge in [0, 0.05) is 31.6 Å². The van der Waals surface area contributed by atoms with E-state index in [2.05, 4.69) is 17.1 Å². The molecular formula is C20H37ClN4O2. The largest absolute Gasteiger partial charge is 0.352 e. The molecule has 1 aliphatic carbocycles. The summed E-state index contributed by atoms with van der Waals surface area (Å²) in [4.78, 5) is 29.2. The minimum atomic E-state index is 0. The van der Waals surface area contributed by atoms with Crippen LogP contribution in [0.2, 0.25) is 0 Å². The number of nitrogens with one attached hydrogen (secondary N) is 1. The number of nitrogens with two attached hydrogens (primary N) is 1. The molecule has 0 aromatic carbocycles. The normalized spacial score (nSPS) is 28.0. The number of amides is 2. The Hall–Kier alpha value is -0.850. The molecule has 3 rings (SSSR count). The molecule has 2 saturated heterocycles. The maximum atomic E-state index is 12.6. The van der Waals surface area contributed by atoms with Gasteiger partial charge in [0.25, 0.3) is 0 Å². The second-order valence-corrected chi connectivity index (χ2v) is 8.98. The van der Waals surface area contributed by atoms with Gasteiger partial charge in [0.2, 0.25) is 11.8 Å². The van der Waals surface area contributed by atoms with Gasteiger partial charge in [0.1, 0.15) is 0 Å². The number of piperidine rings is 1. The third-order valence-corrected chi connectivity index (χ3v) is 6.62. The van der Waals surface area contributed by atoms with Crippen LogP contribution in [0.15, 0.2) is 0 Å². The SMILES string of the molecule is CC1(CN)CCN(CC(=O)NC2CCN(C(=O)C3CCCCC3)CC2)C1.Cl. The molecule has 0 spiro atoms. The first kappa shape index (κ1) is 22.4. The summed E-state index contributed by atoms with van der Waals surface area (Å²) in [6.45, 7) is 6.78. The van der Waals surface area contributed by atoms with Gasteiger partial charge in [-0.1, -0.05) is 26.2 Å². The third-order valence-electron chi connectivity index (χ3n) is 6.62. The molecule has 3 N–H and O–H groups in total. The third kappa shape index (κ3) is 6.06. The lowest BCUT2D eigenvalue weighted by molar-refractivity contribution is -0.137. The van der Waals surface area contributed by atoms with E-state index in [1.54, 1.807) is 0 Å². The standard InChI is InChI=1S/C20H36N4O2.ClH/c1-20(14-21)9-12-23(15-20)13-18(25)22-17-7-10-24(11-8-17)19(26)16-5-3-2-4-6-16;/h16-17H,2-15,21H2,1H3,(H,22,25);1H. The van der Waals surface area contributed by atoms with E-state index in [9.17, 15) is 9.59 Å². The summed E-state index contributed by atoms with van der Waals surface area (Å²) >= 11 is 0. The fourth-order valence-corrected chi connectivity index (χ4v) is 4.76. The fourth-order valence-electron chi connectivity index (χ4n) is 4.76. The summed E-state index contributed by atoms with van der Waals surface area (Å²) in [6.07, 6.45) is 8.62.